The first-order valence-corrected chi connectivity index (χ1v) is 10.6. The summed E-state index contributed by atoms with van der Waals surface area (Å²) in [6.07, 6.45) is 2.92. The van der Waals surface area contributed by atoms with Gasteiger partial charge < -0.3 is 19.6 Å². The Hall–Kier alpha value is -3.61. The molecule has 168 valence electrons. The number of nitrogens with one attached hydrogen (secondary N) is 1. The van der Waals surface area contributed by atoms with Crippen molar-refractivity contribution in [2.75, 3.05) is 6.61 Å². The second-order valence-corrected chi connectivity index (χ2v) is 7.70. The highest BCUT2D eigenvalue weighted by molar-refractivity contribution is 5.86. The van der Waals surface area contributed by atoms with Gasteiger partial charge >= 0.3 is 11.6 Å². The Morgan fingerprint density at radius 2 is 1.91 bits per heavy atom. The zero-order valence-corrected chi connectivity index (χ0v) is 18.2. The van der Waals surface area contributed by atoms with Crippen LogP contribution in [0.1, 0.15) is 36.5 Å². The number of aliphatic carboxylic acids is 1. The van der Waals surface area contributed by atoms with Crippen LogP contribution in [0.5, 0.6) is 5.75 Å². The lowest BCUT2D eigenvalue weighted by Crippen LogP contribution is -2.44. The van der Waals surface area contributed by atoms with Crippen LogP contribution in [0.3, 0.4) is 0 Å². The topological polar surface area (TPSA) is 106 Å². The van der Waals surface area contributed by atoms with E-state index in [-0.39, 0.29) is 13.0 Å². The van der Waals surface area contributed by atoms with Crippen LogP contribution in [0.4, 0.5) is 0 Å². The second-order valence-electron chi connectivity index (χ2n) is 7.70. The Labute approximate surface area is 186 Å². The minimum atomic E-state index is -1.12. The fourth-order valence-electron chi connectivity index (χ4n) is 3.57. The average Bonchev–Trinajstić information content (AvgIpc) is 2.77. The first-order chi connectivity index (χ1) is 15.4. The van der Waals surface area contributed by atoms with Crippen molar-refractivity contribution in [3.8, 4) is 5.75 Å². The van der Waals surface area contributed by atoms with Crippen LogP contribution < -0.4 is 15.7 Å². The molecule has 3 aromatic rings. The van der Waals surface area contributed by atoms with Crippen LogP contribution in [0.25, 0.3) is 11.0 Å². The van der Waals surface area contributed by atoms with Crippen molar-refractivity contribution >= 4 is 22.8 Å². The van der Waals surface area contributed by atoms with Gasteiger partial charge in [-0.3, -0.25) is 4.79 Å². The summed E-state index contributed by atoms with van der Waals surface area (Å²) in [6.45, 7) is 3.49. The fourth-order valence-corrected chi connectivity index (χ4v) is 3.57. The second kappa shape index (κ2) is 10.6. The molecule has 7 heteroatoms. The highest BCUT2D eigenvalue weighted by Gasteiger charge is 2.21. The van der Waals surface area contributed by atoms with Gasteiger partial charge in [0, 0.05) is 23.4 Å². The lowest BCUT2D eigenvalue weighted by Gasteiger charge is -2.16. The lowest BCUT2D eigenvalue weighted by atomic mass is 10.0. The first-order valence-electron chi connectivity index (χ1n) is 10.6. The van der Waals surface area contributed by atoms with Gasteiger partial charge in [0.25, 0.3) is 5.91 Å². The van der Waals surface area contributed by atoms with Crippen molar-refractivity contribution in [2.24, 2.45) is 0 Å². The number of hydrogen-bond donors (Lipinski definition) is 2. The van der Waals surface area contributed by atoms with Gasteiger partial charge in [0.15, 0.2) is 6.61 Å². The molecule has 0 saturated carbocycles. The monoisotopic (exact) mass is 437 g/mol. The molecule has 0 spiro atoms. The van der Waals surface area contributed by atoms with Gasteiger partial charge in [-0.05, 0) is 43.0 Å². The van der Waals surface area contributed by atoms with E-state index < -0.39 is 23.5 Å². The van der Waals surface area contributed by atoms with Crippen LogP contribution in [0.15, 0.2) is 57.7 Å². The molecule has 0 aliphatic rings. The number of hydrogen-bond acceptors (Lipinski definition) is 5. The standard InChI is InChI=1S/C25H27NO6/c1-3-4-10-18-14-23(28)32-24-16(2)21(12-11-19(18)24)31-15-22(27)26-20(25(29)30)13-17-8-6-5-7-9-17/h5-9,11-12,14,20H,3-4,10,13,15H2,1-2H3,(H,26,27)(H,29,30)/t20-/m0/s1. The van der Waals surface area contributed by atoms with E-state index in [9.17, 15) is 19.5 Å². The summed E-state index contributed by atoms with van der Waals surface area (Å²) < 4.78 is 11.0. The summed E-state index contributed by atoms with van der Waals surface area (Å²) in [4.78, 5) is 35.9. The van der Waals surface area contributed by atoms with Gasteiger partial charge in [-0.25, -0.2) is 9.59 Å². The van der Waals surface area contributed by atoms with Crippen LogP contribution in [-0.2, 0) is 22.4 Å². The molecule has 0 aliphatic heterocycles. The Morgan fingerprint density at radius 1 is 1.16 bits per heavy atom. The van der Waals surface area contributed by atoms with Crippen LogP contribution in [0, 0.1) is 6.92 Å². The normalized spacial score (nSPS) is 11.8. The summed E-state index contributed by atoms with van der Waals surface area (Å²) in [5.74, 6) is -1.27. The zero-order chi connectivity index (χ0) is 23.1. The summed E-state index contributed by atoms with van der Waals surface area (Å²) in [5.41, 5.74) is 2.36. The molecular weight excluding hydrogens is 410 g/mol. The first kappa shape index (κ1) is 23.1. The predicted octanol–water partition coefficient (Wildman–Crippen LogP) is 3.63. The molecular formula is C25H27NO6. The van der Waals surface area contributed by atoms with Gasteiger partial charge in [0.1, 0.15) is 17.4 Å². The molecule has 0 saturated heterocycles. The Balaban J connectivity index is 1.71. The molecule has 0 bridgehead atoms. The number of fused-ring (bicyclic) bond motifs is 1. The lowest BCUT2D eigenvalue weighted by molar-refractivity contribution is -0.142. The number of unbranched alkanes of at least 4 members (excludes halogenated alkanes) is 1. The van der Waals surface area contributed by atoms with Gasteiger partial charge in [-0.1, -0.05) is 43.7 Å². The number of amides is 1. The van der Waals surface area contributed by atoms with E-state index in [0.717, 1.165) is 35.8 Å². The van der Waals surface area contributed by atoms with Crippen molar-refractivity contribution in [2.45, 2.75) is 45.6 Å². The van der Waals surface area contributed by atoms with E-state index in [1.165, 1.54) is 6.07 Å². The molecule has 1 atom stereocenters. The highest BCUT2D eigenvalue weighted by atomic mass is 16.5. The van der Waals surface area contributed by atoms with Gasteiger partial charge in [-0.2, -0.15) is 0 Å². The number of carbonyl (C=O) groups excluding carboxylic acids is 1. The van der Waals surface area contributed by atoms with Crippen molar-refractivity contribution < 1.29 is 23.8 Å². The van der Waals surface area contributed by atoms with Crippen molar-refractivity contribution in [1.29, 1.82) is 0 Å². The Kier molecular flexibility index (Phi) is 7.65. The van der Waals surface area contributed by atoms with E-state index in [1.54, 1.807) is 25.1 Å². The maximum atomic E-state index is 12.3. The van der Waals surface area contributed by atoms with Crippen molar-refractivity contribution in [1.82, 2.24) is 5.32 Å². The largest absolute Gasteiger partial charge is 0.483 e. The fraction of sp³-hybridized carbons (Fsp3) is 0.320. The molecule has 7 nitrogen and oxygen atoms in total. The van der Waals surface area contributed by atoms with E-state index in [4.69, 9.17) is 9.15 Å². The molecule has 0 radical (unpaired) electrons. The highest BCUT2D eigenvalue weighted by Crippen LogP contribution is 2.29. The molecule has 1 amide bonds. The number of rotatable bonds is 10. The maximum absolute atomic E-state index is 12.3. The SMILES string of the molecule is CCCCc1cc(=O)oc2c(C)c(OCC(=O)N[C@@H](Cc3ccccc3)C(=O)O)ccc12. The van der Waals surface area contributed by atoms with Crippen molar-refractivity contribution in [3.63, 3.8) is 0 Å². The predicted molar refractivity (Wildman–Crippen MR) is 121 cm³/mol. The zero-order valence-electron chi connectivity index (χ0n) is 18.2. The van der Waals surface area contributed by atoms with E-state index in [0.29, 0.717) is 16.9 Å². The van der Waals surface area contributed by atoms with Gasteiger partial charge in [0.05, 0.1) is 0 Å². The smallest absolute Gasteiger partial charge is 0.336 e. The molecule has 3 rings (SSSR count). The number of ether oxygens (including phenoxy) is 1. The molecule has 32 heavy (non-hydrogen) atoms. The third-order valence-corrected chi connectivity index (χ3v) is 5.27. The minimum absolute atomic E-state index is 0.169. The quantitative estimate of drug-likeness (QED) is 0.469. The summed E-state index contributed by atoms with van der Waals surface area (Å²) in [7, 11) is 0. The van der Waals surface area contributed by atoms with E-state index in [2.05, 4.69) is 12.2 Å². The molecule has 1 heterocycles. The number of carbonyl (C=O) groups is 2. The van der Waals surface area contributed by atoms with E-state index in [1.807, 2.05) is 24.3 Å². The number of carboxylic acids is 1. The average molecular weight is 437 g/mol. The van der Waals surface area contributed by atoms with Crippen LogP contribution >= 0.6 is 0 Å². The molecule has 0 unspecified atom stereocenters. The Morgan fingerprint density at radius 3 is 2.59 bits per heavy atom. The van der Waals surface area contributed by atoms with Crippen molar-refractivity contribution in [3.05, 3.63) is 75.6 Å². The molecule has 0 aliphatic carbocycles. The van der Waals surface area contributed by atoms with E-state index >= 15 is 0 Å². The molecule has 2 aromatic carbocycles. The third-order valence-electron chi connectivity index (χ3n) is 5.27. The number of aryl methyl sites for hydroxylation is 2. The molecule has 1 aromatic heterocycles. The maximum Gasteiger partial charge on any atom is 0.336 e. The summed E-state index contributed by atoms with van der Waals surface area (Å²) >= 11 is 0. The minimum Gasteiger partial charge on any atom is -0.483 e. The van der Waals surface area contributed by atoms with Gasteiger partial charge in [0.2, 0.25) is 0 Å². The molecule has 0 fully saturated rings. The van der Waals surface area contributed by atoms with Gasteiger partial charge in [-0.15, -0.1) is 0 Å². The third kappa shape index (κ3) is 5.75. The van der Waals surface area contributed by atoms with Crippen LogP contribution in [-0.4, -0.2) is 29.6 Å². The molecule has 2 N–H and O–H groups in total. The number of benzene rings is 2. The van der Waals surface area contributed by atoms with Crippen LogP contribution in [0.2, 0.25) is 0 Å². The Bertz CT molecular complexity index is 1150. The number of carboxylic acid groups (broad SMARTS) is 1. The summed E-state index contributed by atoms with van der Waals surface area (Å²) in [6, 6.07) is 13.1. The summed E-state index contributed by atoms with van der Waals surface area (Å²) in [5, 5.41) is 12.8.